The van der Waals surface area contributed by atoms with Crippen LogP contribution in [0.4, 0.5) is 0 Å². The van der Waals surface area contributed by atoms with Gasteiger partial charge in [0, 0.05) is 45.2 Å². The molecule has 0 aromatic carbocycles. The van der Waals surface area contributed by atoms with Gasteiger partial charge in [0.25, 0.3) is 0 Å². The normalized spacial score (nSPS) is 23.2. The standard InChI is InChI=1S/C18H34N4O.HI/c1-4-16(22-13-7-9-17(22)23)10-11-20-18(19-5-2)21-12-6-8-15(3)14-21;/h15-16H,4-14H2,1-3H3,(H,19,20);1H. The van der Waals surface area contributed by atoms with E-state index in [0.29, 0.717) is 11.9 Å². The molecule has 24 heavy (non-hydrogen) atoms. The van der Waals surface area contributed by atoms with Crippen LogP contribution in [0.2, 0.25) is 0 Å². The van der Waals surface area contributed by atoms with Gasteiger partial charge in [-0.05, 0) is 44.9 Å². The molecule has 1 N–H and O–H groups in total. The first kappa shape index (κ1) is 21.5. The molecule has 2 atom stereocenters. The fraction of sp³-hybridized carbons (Fsp3) is 0.889. The van der Waals surface area contributed by atoms with Crippen molar-refractivity contribution in [3.05, 3.63) is 0 Å². The van der Waals surface area contributed by atoms with Crippen molar-refractivity contribution in [3.63, 3.8) is 0 Å². The molecule has 0 radical (unpaired) electrons. The summed E-state index contributed by atoms with van der Waals surface area (Å²) in [6, 6.07) is 0.358. The highest BCUT2D eigenvalue weighted by atomic mass is 127. The van der Waals surface area contributed by atoms with E-state index in [1.54, 1.807) is 0 Å². The number of carbonyl (C=O) groups is 1. The summed E-state index contributed by atoms with van der Waals surface area (Å²) in [6.07, 6.45) is 6.33. The van der Waals surface area contributed by atoms with E-state index in [0.717, 1.165) is 70.3 Å². The Hall–Kier alpha value is -0.530. The molecule has 1 amide bonds. The lowest BCUT2D eigenvalue weighted by atomic mass is 10.0. The van der Waals surface area contributed by atoms with Gasteiger partial charge in [-0.2, -0.15) is 0 Å². The summed E-state index contributed by atoms with van der Waals surface area (Å²) in [7, 11) is 0. The Balaban J connectivity index is 0.00000288. The Morgan fingerprint density at radius 1 is 1.33 bits per heavy atom. The lowest BCUT2D eigenvalue weighted by molar-refractivity contribution is -0.129. The molecular weight excluding hydrogens is 415 g/mol. The number of carbonyl (C=O) groups excluding carboxylic acids is 1. The first-order valence-electron chi connectivity index (χ1n) is 9.48. The second-order valence-electron chi connectivity index (χ2n) is 6.97. The van der Waals surface area contributed by atoms with Crippen LogP contribution in [0.3, 0.4) is 0 Å². The Morgan fingerprint density at radius 2 is 2.12 bits per heavy atom. The highest BCUT2D eigenvalue weighted by molar-refractivity contribution is 14.0. The van der Waals surface area contributed by atoms with E-state index in [9.17, 15) is 4.79 Å². The van der Waals surface area contributed by atoms with Gasteiger partial charge in [-0.25, -0.2) is 0 Å². The molecule has 0 bridgehead atoms. The van der Waals surface area contributed by atoms with Crippen molar-refractivity contribution in [2.75, 3.05) is 32.7 Å². The summed E-state index contributed by atoms with van der Waals surface area (Å²) in [5, 5.41) is 3.44. The average Bonchev–Trinajstić information content (AvgIpc) is 2.96. The molecule has 2 rings (SSSR count). The molecule has 140 valence electrons. The minimum absolute atomic E-state index is 0. The second kappa shape index (κ2) is 11.2. The van der Waals surface area contributed by atoms with Gasteiger partial charge in [0.15, 0.2) is 5.96 Å². The summed E-state index contributed by atoms with van der Waals surface area (Å²) >= 11 is 0. The smallest absolute Gasteiger partial charge is 0.222 e. The summed E-state index contributed by atoms with van der Waals surface area (Å²) in [5.74, 6) is 2.14. The number of likely N-dealkylation sites (tertiary alicyclic amines) is 2. The fourth-order valence-corrected chi connectivity index (χ4v) is 3.76. The highest BCUT2D eigenvalue weighted by Gasteiger charge is 2.26. The molecule has 2 aliphatic heterocycles. The van der Waals surface area contributed by atoms with Gasteiger partial charge < -0.3 is 15.1 Å². The van der Waals surface area contributed by atoms with E-state index in [1.807, 2.05) is 0 Å². The van der Waals surface area contributed by atoms with Crippen LogP contribution in [0.15, 0.2) is 4.99 Å². The molecule has 2 heterocycles. The quantitative estimate of drug-likeness (QED) is 0.385. The first-order valence-corrected chi connectivity index (χ1v) is 9.48. The van der Waals surface area contributed by atoms with Crippen LogP contribution in [0.25, 0.3) is 0 Å². The summed E-state index contributed by atoms with van der Waals surface area (Å²) in [6.45, 7) is 11.5. The Morgan fingerprint density at radius 3 is 2.71 bits per heavy atom. The van der Waals surface area contributed by atoms with Crippen molar-refractivity contribution < 1.29 is 4.79 Å². The third-order valence-corrected chi connectivity index (χ3v) is 5.04. The van der Waals surface area contributed by atoms with Gasteiger partial charge in [-0.1, -0.05) is 13.8 Å². The summed E-state index contributed by atoms with van der Waals surface area (Å²) in [4.78, 5) is 21.3. The molecule has 0 aromatic rings. The van der Waals surface area contributed by atoms with E-state index < -0.39 is 0 Å². The van der Waals surface area contributed by atoms with Gasteiger partial charge in [0.2, 0.25) is 5.91 Å². The maximum absolute atomic E-state index is 11.9. The Labute approximate surface area is 164 Å². The van der Waals surface area contributed by atoms with Crippen LogP contribution in [0, 0.1) is 5.92 Å². The minimum Gasteiger partial charge on any atom is -0.357 e. The molecule has 0 saturated carbocycles. The number of rotatable bonds is 6. The number of piperidine rings is 1. The lowest BCUT2D eigenvalue weighted by Gasteiger charge is -2.33. The third-order valence-electron chi connectivity index (χ3n) is 5.04. The predicted molar refractivity (Wildman–Crippen MR) is 111 cm³/mol. The second-order valence-corrected chi connectivity index (χ2v) is 6.97. The van der Waals surface area contributed by atoms with Crippen molar-refractivity contribution in [1.82, 2.24) is 15.1 Å². The molecule has 0 aliphatic carbocycles. The minimum atomic E-state index is 0. The number of amides is 1. The molecular formula is C18H35IN4O. The number of guanidine groups is 1. The van der Waals surface area contributed by atoms with Crippen LogP contribution in [0.1, 0.15) is 59.3 Å². The highest BCUT2D eigenvalue weighted by Crippen LogP contribution is 2.19. The zero-order valence-corrected chi connectivity index (χ0v) is 17.9. The van der Waals surface area contributed by atoms with Crippen molar-refractivity contribution in [2.45, 2.75) is 65.3 Å². The molecule has 2 aliphatic rings. The van der Waals surface area contributed by atoms with Crippen molar-refractivity contribution in [1.29, 1.82) is 0 Å². The van der Waals surface area contributed by atoms with Crippen LogP contribution < -0.4 is 5.32 Å². The predicted octanol–water partition coefficient (Wildman–Crippen LogP) is 3.09. The molecule has 6 heteroatoms. The lowest BCUT2D eigenvalue weighted by Crippen LogP contribution is -2.46. The molecule has 2 unspecified atom stereocenters. The maximum Gasteiger partial charge on any atom is 0.222 e. The van der Waals surface area contributed by atoms with Crippen molar-refractivity contribution in [2.24, 2.45) is 10.9 Å². The van der Waals surface area contributed by atoms with E-state index in [4.69, 9.17) is 4.99 Å². The molecule has 0 aromatic heterocycles. The monoisotopic (exact) mass is 450 g/mol. The maximum atomic E-state index is 11.9. The van der Waals surface area contributed by atoms with E-state index >= 15 is 0 Å². The number of hydrogen-bond donors (Lipinski definition) is 1. The van der Waals surface area contributed by atoms with Crippen molar-refractivity contribution >= 4 is 35.8 Å². The van der Waals surface area contributed by atoms with Crippen LogP contribution >= 0.6 is 24.0 Å². The zero-order chi connectivity index (χ0) is 16.7. The SMILES string of the molecule is CCNC(=NCCC(CC)N1CCCC1=O)N1CCCC(C)C1.I. The third kappa shape index (κ3) is 6.08. The van der Waals surface area contributed by atoms with E-state index in [-0.39, 0.29) is 24.0 Å². The molecule has 5 nitrogen and oxygen atoms in total. The van der Waals surface area contributed by atoms with Gasteiger partial charge in [-0.15, -0.1) is 24.0 Å². The Bertz CT molecular complexity index is 416. The van der Waals surface area contributed by atoms with Gasteiger partial charge in [-0.3, -0.25) is 9.79 Å². The molecule has 2 saturated heterocycles. The van der Waals surface area contributed by atoms with Crippen molar-refractivity contribution in [3.8, 4) is 0 Å². The number of nitrogens with zero attached hydrogens (tertiary/aromatic N) is 3. The van der Waals surface area contributed by atoms with E-state index in [2.05, 4.69) is 35.9 Å². The van der Waals surface area contributed by atoms with Gasteiger partial charge in [0.05, 0.1) is 0 Å². The van der Waals surface area contributed by atoms with Crippen LogP contribution in [-0.2, 0) is 4.79 Å². The number of hydrogen-bond acceptors (Lipinski definition) is 2. The van der Waals surface area contributed by atoms with Gasteiger partial charge >= 0.3 is 0 Å². The largest absolute Gasteiger partial charge is 0.357 e. The Kier molecular flexibility index (Phi) is 10.0. The molecule has 2 fully saturated rings. The average molecular weight is 450 g/mol. The first-order chi connectivity index (χ1) is 11.2. The topological polar surface area (TPSA) is 47.9 Å². The number of aliphatic imine (C=N–C) groups is 1. The summed E-state index contributed by atoms with van der Waals surface area (Å²) < 4.78 is 0. The van der Waals surface area contributed by atoms with E-state index in [1.165, 1.54) is 12.8 Å². The summed E-state index contributed by atoms with van der Waals surface area (Å²) in [5.41, 5.74) is 0. The van der Waals surface area contributed by atoms with Crippen LogP contribution in [0.5, 0.6) is 0 Å². The zero-order valence-electron chi connectivity index (χ0n) is 15.6. The van der Waals surface area contributed by atoms with Gasteiger partial charge in [0.1, 0.15) is 0 Å². The molecule has 0 spiro atoms. The van der Waals surface area contributed by atoms with Crippen LogP contribution in [-0.4, -0.2) is 60.4 Å². The fourth-order valence-electron chi connectivity index (χ4n) is 3.76. The number of halogens is 1. The number of nitrogens with one attached hydrogen (secondary N) is 1.